The largest absolute Gasteiger partial charge is 0.357 e. The molecular weight excluding hydrogens is 359 g/mol. The zero-order valence-corrected chi connectivity index (χ0v) is 14.0. The van der Waals surface area contributed by atoms with Gasteiger partial charge in [0.1, 0.15) is 5.01 Å². The van der Waals surface area contributed by atoms with Gasteiger partial charge in [0.05, 0.1) is 6.54 Å². The number of halogens is 1. The number of thiazole rings is 1. The quantitative estimate of drug-likeness (QED) is 0.469. The van der Waals surface area contributed by atoms with Gasteiger partial charge in [0, 0.05) is 24.2 Å². The number of guanidine groups is 1. The molecule has 0 spiro atoms. The summed E-state index contributed by atoms with van der Waals surface area (Å²) in [5.74, 6) is 1.77. The summed E-state index contributed by atoms with van der Waals surface area (Å²) < 4.78 is 0. The Kier molecular flexibility index (Phi) is 6.91. The maximum Gasteiger partial charge on any atom is 0.191 e. The number of nitrogens with one attached hydrogen (secondary N) is 2. The molecular formula is C12H21IN4S. The Hall–Kier alpha value is -0.370. The van der Waals surface area contributed by atoms with Gasteiger partial charge in [-0.3, -0.25) is 0 Å². The number of aryl methyl sites for hydroxylation is 1. The van der Waals surface area contributed by atoms with E-state index in [4.69, 9.17) is 0 Å². The van der Waals surface area contributed by atoms with Crippen LogP contribution in [-0.2, 0) is 6.54 Å². The van der Waals surface area contributed by atoms with E-state index in [1.807, 2.05) is 6.20 Å². The molecule has 1 fully saturated rings. The number of hydrogen-bond donors (Lipinski definition) is 2. The molecule has 6 heteroatoms. The predicted octanol–water partition coefficient (Wildman–Crippen LogP) is 2.53. The van der Waals surface area contributed by atoms with Crippen LogP contribution < -0.4 is 10.6 Å². The fourth-order valence-corrected chi connectivity index (χ4v) is 2.24. The second-order valence-corrected chi connectivity index (χ2v) is 5.70. The van der Waals surface area contributed by atoms with Crippen molar-refractivity contribution in [3.8, 4) is 0 Å². The summed E-state index contributed by atoms with van der Waals surface area (Å²) >= 11 is 1.71. The fourth-order valence-electron chi connectivity index (χ4n) is 1.53. The van der Waals surface area contributed by atoms with Gasteiger partial charge in [-0.2, -0.15) is 0 Å². The third-order valence-electron chi connectivity index (χ3n) is 2.64. The molecule has 0 saturated heterocycles. The van der Waals surface area contributed by atoms with Crippen molar-refractivity contribution in [2.45, 2.75) is 33.2 Å². The van der Waals surface area contributed by atoms with Gasteiger partial charge in [-0.1, -0.05) is 0 Å². The van der Waals surface area contributed by atoms with Crippen LogP contribution in [0.2, 0.25) is 0 Å². The lowest BCUT2D eigenvalue weighted by molar-refractivity contribution is 0.739. The molecule has 1 aromatic rings. The van der Waals surface area contributed by atoms with Crippen LogP contribution in [0.25, 0.3) is 0 Å². The first-order valence-corrected chi connectivity index (χ1v) is 7.03. The highest BCUT2D eigenvalue weighted by molar-refractivity contribution is 14.0. The van der Waals surface area contributed by atoms with E-state index in [2.05, 4.69) is 34.5 Å². The first-order chi connectivity index (χ1) is 8.28. The molecule has 1 saturated carbocycles. The third-order valence-corrected chi connectivity index (χ3v) is 3.54. The lowest BCUT2D eigenvalue weighted by Gasteiger charge is -2.09. The summed E-state index contributed by atoms with van der Waals surface area (Å²) in [7, 11) is 0. The highest BCUT2D eigenvalue weighted by Gasteiger charge is 2.20. The van der Waals surface area contributed by atoms with Crippen LogP contribution in [0.5, 0.6) is 0 Å². The van der Waals surface area contributed by atoms with Gasteiger partial charge in [-0.25, -0.2) is 9.98 Å². The van der Waals surface area contributed by atoms with Gasteiger partial charge >= 0.3 is 0 Å². The highest BCUT2D eigenvalue weighted by Crippen LogP contribution is 2.27. The summed E-state index contributed by atoms with van der Waals surface area (Å²) in [6.45, 7) is 6.76. The number of aliphatic imine (C=N–C) groups is 1. The Morgan fingerprint density at radius 1 is 1.50 bits per heavy atom. The molecule has 2 rings (SSSR count). The molecule has 0 bridgehead atoms. The maximum atomic E-state index is 4.54. The van der Waals surface area contributed by atoms with Gasteiger partial charge in [0.25, 0.3) is 0 Å². The summed E-state index contributed by atoms with van der Waals surface area (Å²) in [5.41, 5.74) is 0. The van der Waals surface area contributed by atoms with E-state index in [0.717, 1.165) is 30.0 Å². The van der Waals surface area contributed by atoms with Crippen molar-refractivity contribution in [2.24, 2.45) is 10.9 Å². The third kappa shape index (κ3) is 5.51. The van der Waals surface area contributed by atoms with Crippen molar-refractivity contribution in [1.29, 1.82) is 0 Å². The van der Waals surface area contributed by atoms with E-state index in [0.29, 0.717) is 6.54 Å². The maximum absolute atomic E-state index is 4.54. The Morgan fingerprint density at radius 3 is 2.83 bits per heavy atom. The zero-order chi connectivity index (χ0) is 12.1. The van der Waals surface area contributed by atoms with Crippen molar-refractivity contribution in [3.05, 3.63) is 16.1 Å². The summed E-state index contributed by atoms with van der Waals surface area (Å²) in [4.78, 5) is 10.1. The molecule has 1 aromatic heterocycles. The smallest absolute Gasteiger partial charge is 0.191 e. The summed E-state index contributed by atoms with van der Waals surface area (Å²) in [6, 6.07) is 0. The van der Waals surface area contributed by atoms with Gasteiger partial charge in [0.2, 0.25) is 0 Å². The Balaban J connectivity index is 0.00000162. The fraction of sp³-hybridized carbons (Fsp3) is 0.667. The van der Waals surface area contributed by atoms with Crippen molar-refractivity contribution in [3.63, 3.8) is 0 Å². The van der Waals surface area contributed by atoms with Crippen LogP contribution in [-0.4, -0.2) is 24.0 Å². The highest BCUT2D eigenvalue weighted by atomic mass is 127. The molecule has 0 radical (unpaired) electrons. The van der Waals surface area contributed by atoms with Gasteiger partial charge < -0.3 is 10.6 Å². The predicted molar refractivity (Wildman–Crippen MR) is 87.8 cm³/mol. The Labute approximate surface area is 130 Å². The monoisotopic (exact) mass is 380 g/mol. The first-order valence-electron chi connectivity index (χ1n) is 6.21. The second kappa shape index (κ2) is 7.93. The van der Waals surface area contributed by atoms with Crippen LogP contribution in [0, 0.1) is 12.8 Å². The van der Waals surface area contributed by atoms with Gasteiger partial charge in [-0.05, 0) is 32.6 Å². The lowest BCUT2D eigenvalue weighted by atomic mass is 10.4. The minimum absolute atomic E-state index is 0. The van der Waals surface area contributed by atoms with E-state index in [1.54, 1.807) is 11.3 Å². The standard InChI is InChI=1S/C12H20N4S.HI/c1-3-13-12(15-7-10-4-5-10)16-8-11-14-6-9(2)17-11;/h6,10H,3-5,7-8H2,1-2H3,(H2,13,15,16);1H. The summed E-state index contributed by atoms with van der Waals surface area (Å²) in [6.07, 6.45) is 4.62. The SMILES string of the molecule is CCNC(=NCc1ncc(C)s1)NCC1CC1.I. The van der Waals surface area contributed by atoms with E-state index < -0.39 is 0 Å². The average molecular weight is 380 g/mol. The first kappa shape index (κ1) is 15.7. The number of hydrogen-bond acceptors (Lipinski definition) is 3. The number of aromatic nitrogens is 1. The molecule has 2 N–H and O–H groups in total. The molecule has 1 aliphatic carbocycles. The van der Waals surface area contributed by atoms with E-state index in [9.17, 15) is 0 Å². The van der Waals surface area contributed by atoms with Crippen molar-refractivity contribution in [2.75, 3.05) is 13.1 Å². The molecule has 18 heavy (non-hydrogen) atoms. The Morgan fingerprint density at radius 2 is 2.28 bits per heavy atom. The topological polar surface area (TPSA) is 49.3 Å². The van der Waals surface area contributed by atoms with E-state index >= 15 is 0 Å². The minimum Gasteiger partial charge on any atom is -0.357 e. The molecule has 0 atom stereocenters. The van der Waals surface area contributed by atoms with E-state index in [1.165, 1.54) is 17.7 Å². The van der Waals surface area contributed by atoms with Gasteiger partial charge in [0.15, 0.2) is 5.96 Å². The van der Waals surface area contributed by atoms with Crippen LogP contribution in [0.1, 0.15) is 29.7 Å². The molecule has 1 heterocycles. The second-order valence-electron chi connectivity index (χ2n) is 4.38. The molecule has 102 valence electrons. The van der Waals surface area contributed by atoms with Crippen LogP contribution in [0.15, 0.2) is 11.2 Å². The molecule has 0 amide bonds. The lowest BCUT2D eigenvalue weighted by Crippen LogP contribution is -2.38. The molecule has 1 aliphatic rings. The van der Waals surface area contributed by atoms with Gasteiger partial charge in [-0.15, -0.1) is 35.3 Å². The number of rotatable bonds is 5. The zero-order valence-electron chi connectivity index (χ0n) is 10.9. The van der Waals surface area contributed by atoms with Crippen molar-refractivity contribution >= 4 is 41.3 Å². The van der Waals surface area contributed by atoms with Crippen molar-refractivity contribution < 1.29 is 0 Å². The van der Waals surface area contributed by atoms with Crippen LogP contribution >= 0.6 is 35.3 Å². The number of nitrogens with zero attached hydrogens (tertiary/aromatic N) is 2. The average Bonchev–Trinajstić information content (AvgIpc) is 3.05. The van der Waals surface area contributed by atoms with Crippen molar-refractivity contribution in [1.82, 2.24) is 15.6 Å². The molecule has 0 aliphatic heterocycles. The molecule has 0 aromatic carbocycles. The molecule has 4 nitrogen and oxygen atoms in total. The minimum atomic E-state index is 0. The normalized spacial score (nSPS) is 15.1. The van der Waals surface area contributed by atoms with Crippen LogP contribution in [0.3, 0.4) is 0 Å². The molecule has 0 unspecified atom stereocenters. The Bertz CT molecular complexity index is 387. The summed E-state index contributed by atoms with van der Waals surface area (Å²) in [5, 5.41) is 7.71. The van der Waals surface area contributed by atoms with Crippen LogP contribution in [0.4, 0.5) is 0 Å². The van der Waals surface area contributed by atoms with E-state index in [-0.39, 0.29) is 24.0 Å².